The average molecular weight is 210 g/mol. The molecule has 0 atom stereocenters. The molecule has 6 heteroatoms. The molecule has 3 N–H and O–H groups in total. The van der Waals surface area contributed by atoms with E-state index in [9.17, 15) is 9.59 Å². The van der Waals surface area contributed by atoms with Crippen LogP contribution < -0.4 is 16.2 Å². The first-order valence-electron chi connectivity index (χ1n) is 4.78. The highest BCUT2D eigenvalue weighted by Crippen LogP contribution is 1.94. The third-order valence-electron chi connectivity index (χ3n) is 1.66. The lowest BCUT2D eigenvalue weighted by Crippen LogP contribution is -2.29. The van der Waals surface area contributed by atoms with Gasteiger partial charge in [-0.1, -0.05) is 6.92 Å². The van der Waals surface area contributed by atoms with Crippen molar-refractivity contribution < 1.29 is 4.79 Å². The number of carbonyl (C=O) groups is 1. The van der Waals surface area contributed by atoms with Gasteiger partial charge >= 0.3 is 0 Å². The smallest absolute Gasteiger partial charge is 0.264 e. The van der Waals surface area contributed by atoms with Crippen molar-refractivity contribution in [2.45, 2.75) is 13.3 Å². The van der Waals surface area contributed by atoms with E-state index < -0.39 is 0 Å². The highest BCUT2D eigenvalue weighted by atomic mass is 16.2. The summed E-state index contributed by atoms with van der Waals surface area (Å²) in [6.45, 7) is 3.06. The maximum Gasteiger partial charge on any atom is 0.264 e. The fourth-order valence-corrected chi connectivity index (χ4v) is 0.980. The van der Waals surface area contributed by atoms with Crippen molar-refractivity contribution in [1.82, 2.24) is 15.5 Å². The molecule has 0 saturated carbocycles. The number of anilines is 1. The number of aromatic nitrogens is 2. The van der Waals surface area contributed by atoms with Gasteiger partial charge in [-0.15, -0.1) is 0 Å². The van der Waals surface area contributed by atoms with Gasteiger partial charge in [0.15, 0.2) is 5.82 Å². The molecule has 1 aromatic heterocycles. The molecule has 0 spiro atoms. The molecule has 1 amide bonds. The molecule has 6 nitrogen and oxygen atoms in total. The van der Waals surface area contributed by atoms with Gasteiger partial charge in [-0.2, -0.15) is 5.10 Å². The third kappa shape index (κ3) is 4.37. The Morgan fingerprint density at radius 2 is 2.33 bits per heavy atom. The SMILES string of the molecule is CCCNCC(=O)Nc1ccc(=O)[nH]n1. The number of hydrogen-bond donors (Lipinski definition) is 3. The summed E-state index contributed by atoms with van der Waals surface area (Å²) >= 11 is 0. The van der Waals surface area contributed by atoms with Gasteiger partial charge in [-0.25, -0.2) is 5.10 Å². The van der Waals surface area contributed by atoms with Crippen molar-refractivity contribution in [2.75, 3.05) is 18.4 Å². The van der Waals surface area contributed by atoms with Gasteiger partial charge in [-0.3, -0.25) is 9.59 Å². The molecule has 0 aromatic carbocycles. The average Bonchev–Trinajstić information content (AvgIpc) is 2.22. The summed E-state index contributed by atoms with van der Waals surface area (Å²) in [5.74, 6) is 0.167. The number of hydrogen-bond acceptors (Lipinski definition) is 4. The third-order valence-corrected chi connectivity index (χ3v) is 1.66. The van der Waals surface area contributed by atoms with E-state index in [1.807, 2.05) is 6.92 Å². The minimum atomic E-state index is -0.294. The largest absolute Gasteiger partial charge is 0.308 e. The second-order valence-corrected chi connectivity index (χ2v) is 3.03. The van der Waals surface area contributed by atoms with Crippen LogP contribution in [-0.4, -0.2) is 29.2 Å². The Morgan fingerprint density at radius 1 is 1.53 bits per heavy atom. The van der Waals surface area contributed by atoms with Crippen LogP contribution in [0.1, 0.15) is 13.3 Å². The number of nitrogens with one attached hydrogen (secondary N) is 3. The molecule has 0 bridgehead atoms. The molecule has 1 aromatic rings. The van der Waals surface area contributed by atoms with Crippen molar-refractivity contribution in [3.05, 3.63) is 22.5 Å². The monoisotopic (exact) mass is 210 g/mol. The van der Waals surface area contributed by atoms with E-state index >= 15 is 0 Å². The van der Waals surface area contributed by atoms with E-state index in [2.05, 4.69) is 20.8 Å². The van der Waals surface area contributed by atoms with Crippen LogP contribution in [0.2, 0.25) is 0 Å². The van der Waals surface area contributed by atoms with Gasteiger partial charge in [-0.05, 0) is 19.0 Å². The number of H-pyrrole nitrogens is 1. The minimum Gasteiger partial charge on any atom is -0.308 e. The zero-order valence-electron chi connectivity index (χ0n) is 8.54. The predicted molar refractivity (Wildman–Crippen MR) is 56.6 cm³/mol. The standard InChI is InChI=1S/C9H14N4O2/c1-2-5-10-6-9(15)11-7-3-4-8(14)13-12-7/h3-4,10H,2,5-6H2,1H3,(H,13,14)(H,11,12,15). The summed E-state index contributed by atoms with van der Waals surface area (Å²) in [6, 6.07) is 2.76. The number of amides is 1. The molecule has 0 saturated heterocycles. The first-order valence-corrected chi connectivity index (χ1v) is 4.78. The van der Waals surface area contributed by atoms with E-state index in [4.69, 9.17) is 0 Å². The Hall–Kier alpha value is -1.69. The van der Waals surface area contributed by atoms with Gasteiger partial charge in [0.05, 0.1) is 6.54 Å². The fourth-order valence-electron chi connectivity index (χ4n) is 0.980. The van der Waals surface area contributed by atoms with E-state index in [0.29, 0.717) is 5.82 Å². The molecular formula is C9H14N4O2. The molecule has 0 aliphatic rings. The Balaban J connectivity index is 2.37. The lowest BCUT2D eigenvalue weighted by Gasteiger charge is -2.03. The lowest BCUT2D eigenvalue weighted by molar-refractivity contribution is -0.115. The Morgan fingerprint density at radius 3 is 2.93 bits per heavy atom. The van der Waals surface area contributed by atoms with E-state index in [-0.39, 0.29) is 18.0 Å². The second kappa shape index (κ2) is 5.92. The van der Waals surface area contributed by atoms with E-state index in [0.717, 1.165) is 13.0 Å². The molecule has 0 unspecified atom stereocenters. The topological polar surface area (TPSA) is 86.9 Å². The zero-order valence-corrected chi connectivity index (χ0v) is 8.54. The van der Waals surface area contributed by atoms with Crippen LogP contribution >= 0.6 is 0 Å². The van der Waals surface area contributed by atoms with Gasteiger partial charge in [0.25, 0.3) is 5.56 Å². The van der Waals surface area contributed by atoms with Gasteiger partial charge in [0.2, 0.25) is 5.91 Å². The van der Waals surface area contributed by atoms with E-state index in [1.165, 1.54) is 12.1 Å². The minimum absolute atomic E-state index is 0.178. The van der Waals surface area contributed by atoms with Crippen LogP contribution in [0.25, 0.3) is 0 Å². The van der Waals surface area contributed by atoms with Crippen LogP contribution in [0.4, 0.5) is 5.82 Å². The number of nitrogens with zero attached hydrogens (tertiary/aromatic N) is 1. The number of aromatic amines is 1. The lowest BCUT2D eigenvalue weighted by atomic mass is 10.4. The van der Waals surface area contributed by atoms with Crippen LogP contribution in [0, 0.1) is 0 Å². The summed E-state index contributed by atoms with van der Waals surface area (Å²) in [6.07, 6.45) is 0.976. The highest BCUT2D eigenvalue weighted by molar-refractivity contribution is 5.91. The molecule has 0 fully saturated rings. The van der Waals surface area contributed by atoms with Crippen LogP contribution in [0.3, 0.4) is 0 Å². The Kier molecular flexibility index (Phi) is 4.49. The molecule has 1 heterocycles. The predicted octanol–water partition coefficient (Wildman–Crippen LogP) is -0.292. The van der Waals surface area contributed by atoms with Gasteiger partial charge in [0, 0.05) is 6.07 Å². The van der Waals surface area contributed by atoms with Crippen LogP contribution in [0.5, 0.6) is 0 Å². The van der Waals surface area contributed by atoms with Crippen molar-refractivity contribution in [3.63, 3.8) is 0 Å². The molecule has 0 aliphatic heterocycles. The zero-order chi connectivity index (χ0) is 11.1. The highest BCUT2D eigenvalue weighted by Gasteiger charge is 2.01. The maximum absolute atomic E-state index is 11.3. The summed E-state index contributed by atoms with van der Waals surface area (Å²) < 4.78 is 0. The van der Waals surface area contributed by atoms with Crippen molar-refractivity contribution in [2.24, 2.45) is 0 Å². The first-order chi connectivity index (χ1) is 7.22. The van der Waals surface area contributed by atoms with Crippen molar-refractivity contribution in [3.8, 4) is 0 Å². The molecule has 1 rings (SSSR count). The van der Waals surface area contributed by atoms with Gasteiger partial charge < -0.3 is 10.6 Å². The van der Waals surface area contributed by atoms with Crippen molar-refractivity contribution in [1.29, 1.82) is 0 Å². The summed E-state index contributed by atoms with van der Waals surface area (Å²) in [7, 11) is 0. The molecule has 0 aliphatic carbocycles. The molecule has 15 heavy (non-hydrogen) atoms. The van der Waals surface area contributed by atoms with Crippen molar-refractivity contribution >= 4 is 11.7 Å². The normalized spacial score (nSPS) is 9.93. The maximum atomic E-state index is 11.3. The van der Waals surface area contributed by atoms with E-state index in [1.54, 1.807) is 0 Å². The van der Waals surface area contributed by atoms with Gasteiger partial charge in [0.1, 0.15) is 0 Å². The first kappa shape index (κ1) is 11.4. The molecule has 0 radical (unpaired) electrons. The summed E-state index contributed by atoms with van der Waals surface area (Å²) in [5.41, 5.74) is -0.294. The number of rotatable bonds is 5. The Bertz CT molecular complexity index is 354. The fraction of sp³-hybridized carbons (Fsp3) is 0.444. The van der Waals surface area contributed by atoms with Crippen LogP contribution in [0.15, 0.2) is 16.9 Å². The Labute approximate surface area is 87.1 Å². The summed E-state index contributed by atoms with van der Waals surface area (Å²) in [4.78, 5) is 21.9. The second-order valence-electron chi connectivity index (χ2n) is 3.03. The number of carbonyl (C=O) groups excluding carboxylic acids is 1. The molecular weight excluding hydrogens is 196 g/mol. The summed E-state index contributed by atoms with van der Waals surface area (Å²) in [5, 5.41) is 11.4. The quantitative estimate of drug-likeness (QED) is 0.583. The van der Waals surface area contributed by atoms with Crippen LogP contribution in [-0.2, 0) is 4.79 Å². The molecule has 82 valence electrons.